The first kappa shape index (κ1) is 16.3. The molecule has 2 aliphatic rings. The Labute approximate surface area is 147 Å². The third-order valence-electron chi connectivity index (χ3n) is 5.45. The Morgan fingerprint density at radius 1 is 1.32 bits per heavy atom. The first-order valence-corrected chi connectivity index (χ1v) is 9.03. The maximum Gasteiger partial charge on any atom is 0.274 e. The smallest absolute Gasteiger partial charge is 0.274 e. The first-order valence-electron chi connectivity index (χ1n) is 9.03. The zero-order chi connectivity index (χ0) is 17.6. The van der Waals surface area contributed by atoms with Crippen molar-refractivity contribution in [1.29, 1.82) is 0 Å². The van der Waals surface area contributed by atoms with Gasteiger partial charge >= 0.3 is 0 Å². The molecule has 2 aliphatic heterocycles. The van der Waals surface area contributed by atoms with Crippen molar-refractivity contribution in [3.8, 4) is 0 Å². The van der Waals surface area contributed by atoms with Gasteiger partial charge in [0, 0.05) is 49.9 Å². The number of nitrogens with one attached hydrogen (secondary N) is 1. The fraction of sp³-hybridized carbons (Fsp3) is 0.611. The molecule has 1 amide bonds. The summed E-state index contributed by atoms with van der Waals surface area (Å²) in [6.45, 7) is 5.60. The summed E-state index contributed by atoms with van der Waals surface area (Å²) >= 11 is 0. The van der Waals surface area contributed by atoms with Crippen LogP contribution in [0.5, 0.6) is 0 Å². The zero-order valence-electron chi connectivity index (χ0n) is 15.0. The van der Waals surface area contributed by atoms with Gasteiger partial charge in [-0.05, 0) is 26.7 Å². The van der Waals surface area contributed by atoms with Gasteiger partial charge in [0.25, 0.3) is 5.91 Å². The highest BCUT2D eigenvalue weighted by atomic mass is 16.5. The summed E-state index contributed by atoms with van der Waals surface area (Å²) in [4.78, 5) is 22.3. The number of aromatic nitrogens is 4. The summed E-state index contributed by atoms with van der Waals surface area (Å²) in [6, 6.07) is 0. The Bertz CT molecular complexity index is 759. The minimum Gasteiger partial charge on any atom is -0.369 e. The normalized spacial score (nSPS) is 24.4. The van der Waals surface area contributed by atoms with Gasteiger partial charge in [0.1, 0.15) is 0 Å². The number of nitrogens with zero attached hydrogens (tertiary/aromatic N) is 4. The van der Waals surface area contributed by atoms with Crippen LogP contribution in [-0.4, -0.2) is 49.7 Å². The molecule has 0 unspecified atom stereocenters. The van der Waals surface area contributed by atoms with E-state index in [9.17, 15) is 4.79 Å². The zero-order valence-corrected chi connectivity index (χ0v) is 15.0. The lowest BCUT2D eigenvalue weighted by atomic mass is 9.93. The Morgan fingerprint density at radius 3 is 2.76 bits per heavy atom. The van der Waals surface area contributed by atoms with E-state index in [1.807, 2.05) is 29.7 Å². The van der Waals surface area contributed by atoms with Crippen LogP contribution in [0.4, 0.5) is 0 Å². The minimum absolute atomic E-state index is 0.0242. The largest absolute Gasteiger partial charge is 0.369 e. The lowest BCUT2D eigenvalue weighted by Gasteiger charge is -2.31. The van der Waals surface area contributed by atoms with Gasteiger partial charge in [-0.1, -0.05) is 0 Å². The highest BCUT2D eigenvalue weighted by molar-refractivity contribution is 5.94. The first-order chi connectivity index (χ1) is 12.0. The average molecular weight is 343 g/mol. The van der Waals surface area contributed by atoms with Crippen molar-refractivity contribution >= 4 is 5.91 Å². The van der Waals surface area contributed by atoms with E-state index in [1.54, 1.807) is 6.33 Å². The monoisotopic (exact) mass is 343 g/mol. The summed E-state index contributed by atoms with van der Waals surface area (Å²) in [5.41, 5.74) is 3.88. The summed E-state index contributed by atoms with van der Waals surface area (Å²) < 4.78 is 7.71. The van der Waals surface area contributed by atoms with E-state index < -0.39 is 0 Å². The van der Waals surface area contributed by atoms with E-state index in [-0.39, 0.29) is 18.1 Å². The van der Waals surface area contributed by atoms with E-state index in [0.717, 1.165) is 43.6 Å². The van der Waals surface area contributed by atoms with E-state index in [4.69, 9.17) is 4.74 Å². The van der Waals surface area contributed by atoms with Crippen LogP contribution in [0.3, 0.4) is 0 Å². The fourth-order valence-electron chi connectivity index (χ4n) is 4.24. The van der Waals surface area contributed by atoms with E-state index in [1.165, 1.54) is 5.69 Å². The Morgan fingerprint density at radius 2 is 2.08 bits per heavy atom. The molecule has 0 saturated carbocycles. The van der Waals surface area contributed by atoms with E-state index in [0.29, 0.717) is 11.6 Å². The predicted molar refractivity (Wildman–Crippen MR) is 92.3 cm³/mol. The maximum atomic E-state index is 13.1. The van der Waals surface area contributed by atoms with Crippen molar-refractivity contribution in [2.75, 3.05) is 13.1 Å². The molecule has 25 heavy (non-hydrogen) atoms. The van der Waals surface area contributed by atoms with Crippen molar-refractivity contribution in [3.05, 3.63) is 35.2 Å². The van der Waals surface area contributed by atoms with Crippen LogP contribution in [0.2, 0.25) is 0 Å². The lowest BCUT2D eigenvalue weighted by molar-refractivity contribution is -0.00907. The van der Waals surface area contributed by atoms with Crippen LogP contribution in [-0.2, 0) is 18.2 Å². The molecule has 1 fully saturated rings. The molecule has 1 N–H and O–H groups in total. The highest BCUT2D eigenvalue weighted by Crippen LogP contribution is 2.33. The number of H-pyrrole nitrogens is 1. The quantitative estimate of drug-likeness (QED) is 0.907. The topological polar surface area (TPSA) is 76.0 Å². The van der Waals surface area contributed by atoms with Gasteiger partial charge in [0.2, 0.25) is 0 Å². The third kappa shape index (κ3) is 2.86. The molecule has 4 rings (SSSR count). The number of carbonyl (C=O) groups is 1. The third-order valence-corrected chi connectivity index (χ3v) is 5.45. The van der Waals surface area contributed by atoms with Crippen molar-refractivity contribution in [2.45, 2.75) is 51.2 Å². The molecule has 0 bridgehead atoms. The van der Waals surface area contributed by atoms with Gasteiger partial charge < -0.3 is 14.6 Å². The van der Waals surface area contributed by atoms with Crippen molar-refractivity contribution in [1.82, 2.24) is 24.6 Å². The van der Waals surface area contributed by atoms with Crippen LogP contribution in [0.25, 0.3) is 0 Å². The molecule has 2 atom stereocenters. The maximum absolute atomic E-state index is 13.1. The number of hydrogen-bond donors (Lipinski definition) is 1. The van der Waals surface area contributed by atoms with E-state index >= 15 is 0 Å². The molecular formula is C18H25N5O2. The van der Waals surface area contributed by atoms with Crippen LogP contribution in [0.1, 0.15) is 66.2 Å². The van der Waals surface area contributed by atoms with Crippen LogP contribution >= 0.6 is 0 Å². The summed E-state index contributed by atoms with van der Waals surface area (Å²) in [6.07, 6.45) is 6.36. The second kappa shape index (κ2) is 6.29. The molecular weight excluding hydrogens is 318 g/mol. The van der Waals surface area contributed by atoms with Crippen LogP contribution in [0, 0.1) is 0 Å². The van der Waals surface area contributed by atoms with Crippen LogP contribution < -0.4 is 0 Å². The van der Waals surface area contributed by atoms with Gasteiger partial charge in [0.05, 0.1) is 24.2 Å². The van der Waals surface area contributed by atoms with Crippen molar-refractivity contribution < 1.29 is 9.53 Å². The molecule has 4 heterocycles. The number of likely N-dealkylation sites (tertiary alicyclic amines) is 1. The van der Waals surface area contributed by atoms with Gasteiger partial charge in [-0.25, -0.2) is 4.98 Å². The molecule has 2 aromatic heterocycles. The molecule has 0 aromatic carbocycles. The Hall–Kier alpha value is -2.15. The number of carbonyl (C=O) groups excluding carboxylic acids is 1. The molecule has 0 spiro atoms. The summed E-state index contributed by atoms with van der Waals surface area (Å²) in [5.74, 6) is 0.513. The molecule has 7 nitrogen and oxygen atoms in total. The van der Waals surface area contributed by atoms with Crippen molar-refractivity contribution in [3.63, 3.8) is 0 Å². The van der Waals surface area contributed by atoms with Gasteiger partial charge in [0.15, 0.2) is 5.69 Å². The standard InChI is InChI=1S/C18H25N5O2/c1-11-8-14-16(21-22(3)17(14)12(2)25-11)18(24)23-6-4-13(5-7-23)15-9-19-10-20-15/h9-13H,4-8H2,1-3H3,(H,19,20)/t11-,12+/m1/s1. The number of imidazole rings is 1. The summed E-state index contributed by atoms with van der Waals surface area (Å²) in [5, 5.41) is 4.55. The van der Waals surface area contributed by atoms with Gasteiger partial charge in [-0.3, -0.25) is 9.48 Å². The number of fused-ring (bicyclic) bond motifs is 1. The molecule has 0 aliphatic carbocycles. The number of hydrogen-bond acceptors (Lipinski definition) is 4. The Balaban J connectivity index is 1.52. The van der Waals surface area contributed by atoms with Crippen LogP contribution in [0.15, 0.2) is 12.5 Å². The van der Waals surface area contributed by atoms with Crippen molar-refractivity contribution in [2.24, 2.45) is 7.05 Å². The SMILES string of the molecule is C[C@@H]1Cc2c(C(=O)N3CCC(c4cnc[nH]4)CC3)nn(C)c2[C@H](C)O1. The average Bonchev–Trinajstić information content (AvgIpc) is 3.23. The number of amides is 1. The highest BCUT2D eigenvalue weighted by Gasteiger charge is 2.34. The molecule has 134 valence electrons. The fourth-order valence-corrected chi connectivity index (χ4v) is 4.24. The summed E-state index contributed by atoms with van der Waals surface area (Å²) in [7, 11) is 1.90. The molecule has 2 aromatic rings. The number of piperidine rings is 1. The Kier molecular flexibility index (Phi) is 4.11. The number of rotatable bonds is 2. The van der Waals surface area contributed by atoms with Gasteiger partial charge in [-0.15, -0.1) is 0 Å². The second-order valence-electron chi connectivity index (χ2n) is 7.20. The predicted octanol–water partition coefficient (Wildman–Crippen LogP) is 2.19. The molecule has 7 heteroatoms. The van der Waals surface area contributed by atoms with E-state index in [2.05, 4.69) is 22.0 Å². The number of aryl methyl sites for hydroxylation is 1. The number of ether oxygens (including phenoxy) is 1. The minimum atomic E-state index is -0.0242. The van der Waals surface area contributed by atoms with Gasteiger partial charge in [-0.2, -0.15) is 5.10 Å². The lowest BCUT2D eigenvalue weighted by Crippen LogP contribution is -2.39. The molecule has 1 saturated heterocycles. The second-order valence-corrected chi connectivity index (χ2v) is 7.20. The molecule has 0 radical (unpaired) electrons. The number of aromatic amines is 1.